The molecule has 0 saturated heterocycles. The number of carbonyl (C=O) groups excluding carboxylic acids is 2. The molecule has 2 aromatic rings. The molecule has 0 spiro atoms. The molecule has 0 radical (unpaired) electrons. The lowest BCUT2D eigenvalue weighted by molar-refractivity contribution is -0.134. The van der Waals surface area contributed by atoms with Crippen LogP contribution in [0.2, 0.25) is 0 Å². The first-order chi connectivity index (χ1) is 12.4. The molecule has 136 valence electrons. The van der Waals surface area contributed by atoms with Crippen LogP contribution in [-0.4, -0.2) is 25.9 Å². The van der Waals surface area contributed by atoms with Gasteiger partial charge in [0.1, 0.15) is 5.41 Å². The first-order valence-corrected chi connectivity index (χ1v) is 8.83. The fourth-order valence-corrected chi connectivity index (χ4v) is 2.95. The summed E-state index contributed by atoms with van der Waals surface area (Å²) in [4.78, 5) is 27.2. The van der Waals surface area contributed by atoms with Crippen molar-refractivity contribution in [1.29, 1.82) is 0 Å². The maximum Gasteiger partial charge on any atom is 0.240 e. The molecule has 5 heteroatoms. The molecule has 1 saturated carbocycles. The van der Waals surface area contributed by atoms with Crippen molar-refractivity contribution in [2.45, 2.75) is 26.3 Å². The van der Waals surface area contributed by atoms with Gasteiger partial charge in [0.2, 0.25) is 11.8 Å². The van der Waals surface area contributed by atoms with E-state index >= 15 is 0 Å². The Morgan fingerprint density at radius 2 is 1.73 bits per heavy atom. The molecular formula is C21H25N3O2. The number of aryl methyl sites for hydroxylation is 1. The highest BCUT2D eigenvalue weighted by atomic mass is 16.2. The third-order valence-electron chi connectivity index (χ3n) is 4.80. The Morgan fingerprint density at radius 3 is 2.31 bits per heavy atom. The zero-order valence-electron chi connectivity index (χ0n) is 15.5. The molecule has 0 bridgehead atoms. The molecular weight excluding hydrogens is 326 g/mol. The highest BCUT2D eigenvalue weighted by Crippen LogP contribution is 2.47. The van der Waals surface area contributed by atoms with Crippen LogP contribution in [0.15, 0.2) is 48.5 Å². The number of carbonyl (C=O) groups is 2. The first kappa shape index (κ1) is 18.0. The predicted molar refractivity (Wildman–Crippen MR) is 104 cm³/mol. The van der Waals surface area contributed by atoms with Gasteiger partial charge in [-0.3, -0.25) is 9.59 Å². The SMILES string of the molecule is Cc1cccc(CNC(=O)C2(C(=O)Nc3ccc(N(C)C)cc3)CC2)c1. The average molecular weight is 351 g/mol. The quantitative estimate of drug-likeness (QED) is 0.786. The van der Waals surface area contributed by atoms with Crippen LogP contribution in [0.1, 0.15) is 24.0 Å². The number of rotatable bonds is 6. The third-order valence-corrected chi connectivity index (χ3v) is 4.80. The topological polar surface area (TPSA) is 61.4 Å². The summed E-state index contributed by atoms with van der Waals surface area (Å²) < 4.78 is 0. The first-order valence-electron chi connectivity index (χ1n) is 8.83. The average Bonchev–Trinajstić information content (AvgIpc) is 3.42. The zero-order valence-corrected chi connectivity index (χ0v) is 15.5. The van der Waals surface area contributed by atoms with Crippen molar-refractivity contribution in [2.24, 2.45) is 5.41 Å². The molecule has 0 aromatic heterocycles. The van der Waals surface area contributed by atoms with Crippen LogP contribution in [0, 0.1) is 12.3 Å². The highest BCUT2D eigenvalue weighted by molar-refractivity contribution is 6.13. The second-order valence-electron chi connectivity index (χ2n) is 7.15. The molecule has 1 aliphatic carbocycles. The molecule has 0 atom stereocenters. The molecule has 0 unspecified atom stereocenters. The Morgan fingerprint density at radius 1 is 1.04 bits per heavy atom. The minimum atomic E-state index is -0.927. The Bertz CT molecular complexity index is 808. The summed E-state index contributed by atoms with van der Waals surface area (Å²) in [5.74, 6) is -0.418. The van der Waals surface area contributed by atoms with Crippen LogP contribution in [0.25, 0.3) is 0 Å². The van der Waals surface area contributed by atoms with Crippen molar-refractivity contribution < 1.29 is 9.59 Å². The third kappa shape index (κ3) is 3.87. The van der Waals surface area contributed by atoms with E-state index in [0.29, 0.717) is 25.1 Å². The molecule has 0 aliphatic heterocycles. The van der Waals surface area contributed by atoms with E-state index in [1.54, 1.807) is 0 Å². The number of anilines is 2. The van der Waals surface area contributed by atoms with Crippen LogP contribution in [0.5, 0.6) is 0 Å². The molecule has 1 aliphatic rings. The van der Waals surface area contributed by atoms with Crippen LogP contribution < -0.4 is 15.5 Å². The molecule has 2 N–H and O–H groups in total. The van der Waals surface area contributed by atoms with Gasteiger partial charge in [-0.1, -0.05) is 29.8 Å². The maximum atomic E-state index is 12.6. The van der Waals surface area contributed by atoms with E-state index in [2.05, 4.69) is 10.6 Å². The van der Waals surface area contributed by atoms with Crippen LogP contribution in [0.3, 0.4) is 0 Å². The van der Waals surface area contributed by atoms with Gasteiger partial charge >= 0.3 is 0 Å². The van der Waals surface area contributed by atoms with Gasteiger partial charge < -0.3 is 15.5 Å². The van der Waals surface area contributed by atoms with Crippen molar-refractivity contribution in [1.82, 2.24) is 5.32 Å². The normalized spacial score (nSPS) is 14.4. The number of benzene rings is 2. The Kier molecular flexibility index (Phi) is 4.98. The fraction of sp³-hybridized carbons (Fsp3) is 0.333. The second-order valence-corrected chi connectivity index (χ2v) is 7.15. The summed E-state index contributed by atoms with van der Waals surface area (Å²) in [5, 5.41) is 5.79. The maximum absolute atomic E-state index is 12.6. The smallest absolute Gasteiger partial charge is 0.240 e. The molecule has 2 amide bonds. The Hall–Kier alpha value is -2.82. The lowest BCUT2D eigenvalue weighted by atomic mass is 10.0. The monoisotopic (exact) mass is 351 g/mol. The Balaban J connectivity index is 1.60. The fourth-order valence-electron chi connectivity index (χ4n) is 2.95. The summed E-state index contributed by atoms with van der Waals surface area (Å²) >= 11 is 0. The predicted octanol–water partition coefficient (Wildman–Crippen LogP) is 3.10. The van der Waals surface area contributed by atoms with Gasteiger partial charge in [0.15, 0.2) is 0 Å². The van der Waals surface area contributed by atoms with Crippen LogP contribution in [-0.2, 0) is 16.1 Å². The number of nitrogens with zero attached hydrogens (tertiary/aromatic N) is 1. The van der Waals surface area contributed by atoms with Gasteiger partial charge in [-0.05, 0) is 49.6 Å². The van der Waals surface area contributed by atoms with E-state index < -0.39 is 5.41 Å². The van der Waals surface area contributed by atoms with E-state index in [1.165, 1.54) is 0 Å². The van der Waals surface area contributed by atoms with E-state index in [9.17, 15) is 9.59 Å². The Labute approximate surface area is 154 Å². The van der Waals surface area contributed by atoms with Crippen molar-refractivity contribution >= 4 is 23.2 Å². The number of hydrogen-bond acceptors (Lipinski definition) is 3. The van der Waals surface area contributed by atoms with E-state index in [4.69, 9.17) is 0 Å². The van der Waals surface area contributed by atoms with Crippen LogP contribution >= 0.6 is 0 Å². The van der Waals surface area contributed by atoms with Crippen LogP contribution in [0.4, 0.5) is 11.4 Å². The summed E-state index contributed by atoms with van der Waals surface area (Å²) in [6.45, 7) is 2.45. The zero-order chi connectivity index (χ0) is 18.7. The highest BCUT2D eigenvalue weighted by Gasteiger charge is 2.56. The summed E-state index contributed by atoms with van der Waals surface area (Å²) in [7, 11) is 3.93. The van der Waals surface area contributed by atoms with E-state index in [1.807, 2.05) is 74.4 Å². The van der Waals surface area contributed by atoms with Crippen molar-refractivity contribution in [3.05, 3.63) is 59.7 Å². The van der Waals surface area contributed by atoms with Gasteiger partial charge in [0.05, 0.1) is 0 Å². The molecule has 1 fully saturated rings. The van der Waals surface area contributed by atoms with Crippen molar-refractivity contribution in [2.75, 3.05) is 24.3 Å². The lowest BCUT2D eigenvalue weighted by Crippen LogP contribution is -2.39. The van der Waals surface area contributed by atoms with Crippen molar-refractivity contribution in [3.8, 4) is 0 Å². The van der Waals surface area contributed by atoms with E-state index in [-0.39, 0.29) is 11.8 Å². The molecule has 5 nitrogen and oxygen atoms in total. The summed E-state index contributed by atoms with van der Waals surface area (Å²) in [6.07, 6.45) is 1.18. The van der Waals surface area contributed by atoms with Gasteiger partial charge in [0, 0.05) is 32.0 Å². The van der Waals surface area contributed by atoms with Gasteiger partial charge in [-0.25, -0.2) is 0 Å². The second kappa shape index (κ2) is 7.20. The molecule has 2 aromatic carbocycles. The van der Waals surface area contributed by atoms with E-state index in [0.717, 1.165) is 16.8 Å². The largest absolute Gasteiger partial charge is 0.378 e. The lowest BCUT2D eigenvalue weighted by Gasteiger charge is -2.17. The minimum absolute atomic E-state index is 0.193. The number of hydrogen-bond donors (Lipinski definition) is 2. The molecule has 26 heavy (non-hydrogen) atoms. The molecule has 3 rings (SSSR count). The number of amides is 2. The summed E-state index contributed by atoms with van der Waals surface area (Å²) in [6, 6.07) is 15.6. The van der Waals surface area contributed by atoms with Gasteiger partial charge in [0.25, 0.3) is 0 Å². The summed E-state index contributed by atoms with van der Waals surface area (Å²) in [5.41, 5.74) is 3.02. The standard InChI is InChI=1S/C21H25N3O2/c1-15-5-4-6-16(13-15)14-22-19(25)21(11-12-21)20(26)23-17-7-9-18(10-8-17)24(2)3/h4-10,13H,11-12,14H2,1-3H3,(H,22,25)(H,23,26). The number of nitrogens with one attached hydrogen (secondary N) is 2. The van der Waals surface area contributed by atoms with Gasteiger partial charge in [-0.2, -0.15) is 0 Å². The molecule has 0 heterocycles. The minimum Gasteiger partial charge on any atom is -0.378 e. The van der Waals surface area contributed by atoms with Crippen molar-refractivity contribution in [3.63, 3.8) is 0 Å². The van der Waals surface area contributed by atoms with Gasteiger partial charge in [-0.15, -0.1) is 0 Å².